The number of hydrogen-bond donors (Lipinski definition) is 3. The molecular formula is C19H16N4S. The topological polar surface area (TPSA) is 52.7 Å². The summed E-state index contributed by atoms with van der Waals surface area (Å²) >= 11 is 5.48. The summed E-state index contributed by atoms with van der Waals surface area (Å²) in [7, 11) is 0. The van der Waals surface area contributed by atoms with E-state index in [2.05, 4.69) is 63.1 Å². The zero-order valence-corrected chi connectivity index (χ0v) is 13.7. The fraction of sp³-hybridized carbons (Fsp3) is 0.0526. The molecule has 0 aliphatic carbocycles. The number of hydrogen-bond acceptors (Lipinski definition) is 2. The summed E-state index contributed by atoms with van der Waals surface area (Å²) in [5, 5.41) is 11.9. The van der Waals surface area contributed by atoms with Gasteiger partial charge in [-0.15, -0.1) is 0 Å². The Kier molecular flexibility index (Phi) is 3.84. The molecule has 24 heavy (non-hydrogen) atoms. The van der Waals surface area contributed by atoms with Crippen molar-refractivity contribution in [1.82, 2.24) is 15.3 Å². The molecule has 3 aromatic carbocycles. The maximum absolute atomic E-state index is 5.48. The molecule has 0 aliphatic heterocycles. The van der Waals surface area contributed by atoms with Crippen molar-refractivity contribution in [3.63, 3.8) is 0 Å². The van der Waals surface area contributed by atoms with Crippen molar-refractivity contribution in [1.29, 1.82) is 0 Å². The van der Waals surface area contributed by atoms with E-state index >= 15 is 0 Å². The highest BCUT2D eigenvalue weighted by molar-refractivity contribution is 7.80. The van der Waals surface area contributed by atoms with Gasteiger partial charge >= 0.3 is 0 Å². The lowest BCUT2D eigenvalue weighted by atomic mass is 10.0. The molecule has 0 aliphatic rings. The Morgan fingerprint density at radius 2 is 1.67 bits per heavy atom. The first-order valence-electron chi connectivity index (χ1n) is 7.74. The maximum atomic E-state index is 5.48. The van der Waals surface area contributed by atoms with Crippen LogP contribution in [0.3, 0.4) is 0 Å². The molecule has 0 spiro atoms. The van der Waals surface area contributed by atoms with Crippen LogP contribution in [0.25, 0.3) is 21.5 Å². The summed E-state index contributed by atoms with van der Waals surface area (Å²) in [6.07, 6.45) is 3.44. The zero-order chi connectivity index (χ0) is 16.4. The minimum Gasteiger partial charge on any atom is -0.357 e. The number of H-pyrrole nitrogens is 1. The van der Waals surface area contributed by atoms with E-state index < -0.39 is 0 Å². The largest absolute Gasteiger partial charge is 0.357 e. The van der Waals surface area contributed by atoms with Crippen molar-refractivity contribution >= 4 is 44.6 Å². The molecule has 0 unspecified atom stereocenters. The van der Waals surface area contributed by atoms with Gasteiger partial charge in [0.25, 0.3) is 0 Å². The predicted octanol–water partition coefficient (Wildman–Crippen LogP) is 4.20. The molecule has 1 aromatic heterocycles. The van der Waals surface area contributed by atoms with Crippen LogP contribution >= 0.6 is 12.2 Å². The summed E-state index contributed by atoms with van der Waals surface area (Å²) in [5.74, 6) is 0. The lowest BCUT2D eigenvalue weighted by Gasteiger charge is -2.15. The number of aromatic amines is 1. The van der Waals surface area contributed by atoms with Crippen molar-refractivity contribution in [2.24, 2.45) is 0 Å². The van der Waals surface area contributed by atoms with Crippen molar-refractivity contribution in [3.8, 4) is 0 Å². The summed E-state index contributed by atoms with van der Waals surface area (Å²) < 4.78 is 0. The van der Waals surface area contributed by atoms with Crippen LogP contribution in [0, 0.1) is 0 Å². The average molecular weight is 332 g/mol. The number of nitrogens with one attached hydrogen (secondary N) is 3. The van der Waals surface area contributed by atoms with Crippen LogP contribution in [-0.4, -0.2) is 15.1 Å². The van der Waals surface area contributed by atoms with Gasteiger partial charge in [-0.05, 0) is 29.1 Å². The number of benzene rings is 3. The summed E-state index contributed by atoms with van der Waals surface area (Å²) in [4.78, 5) is 7.06. The van der Waals surface area contributed by atoms with E-state index in [1.54, 1.807) is 12.5 Å². The molecule has 4 nitrogen and oxygen atoms in total. The van der Waals surface area contributed by atoms with Gasteiger partial charge in [0, 0.05) is 17.0 Å². The second-order valence-corrected chi connectivity index (χ2v) is 5.99. The molecule has 0 fully saturated rings. The predicted molar refractivity (Wildman–Crippen MR) is 103 cm³/mol. The van der Waals surface area contributed by atoms with Crippen molar-refractivity contribution in [2.45, 2.75) is 6.54 Å². The Labute approximate surface area is 144 Å². The molecule has 0 saturated carbocycles. The molecule has 0 saturated heterocycles. The highest BCUT2D eigenvalue weighted by Crippen LogP contribution is 2.32. The monoisotopic (exact) mass is 332 g/mol. The lowest BCUT2D eigenvalue weighted by molar-refractivity contribution is 0.893. The quantitative estimate of drug-likeness (QED) is 0.389. The van der Waals surface area contributed by atoms with E-state index in [9.17, 15) is 0 Å². The zero-order valence-electron chi connectivity index (χ0n) is 12.9. The third-order valence-electron chi connectivity index (χ3n) is 4.00. The first kappa shape index (κ1) is 14.7. The van der Waals surface area contributed by atoms with Gasteiger partial charge < -0.3 is 15.6 Å². The highest BCUT2D eigenvalue weighted by atomic mass is 32.1. The van der Waals surface area contributed by atoms with E-state index in [-0.39, 0.29) is 0 Å². The van der Waals surface area contributed by atoms with E-state index in [0.717, 1.165) is 22.2 Å². The molecule has 0 atom stereocenters. The number of imidazole rings is 1. The number of thiocarbonyl (C=S) groups is 1. The number of anilines is 1. The lowest BCUT2D eigenvalue weighted by Crippen LogP contribution is -2.28. The highest BCUT2D eigenvalue weighted by Gasteiger charge is 2.08. The van der Waals surface area contributed by atoms with Gasteiger partial charge in [0.15, 0.2) is 5.11 Å². The maximum Gasteiger partial charge on any atom is 0.171 e. The van der Waals surface area contributed by atoms with Crippen LogP contribution in [0.5, 0.6) is 0 Å². The first-order valence-corrected chi connectivity index (χ1v) is 8.15. The number of aromatic nitrogens is 2. The molecule has 4 aromatic rings. The third-order valence-corrected chi connectivity index (χ3v) is 4.25. The Balaban J connectivity index is 1.69. The smallest absolute Gasteiger partial charge is 0.171 e. The minimum absolute atomic E-state index is 0.589. The van der Waals surface area contributed by atoms with Crippen LogP contribution in [0.2, 0.25) is 0 Å². The van der Waals surface area contributed by atoms with Crippen LogP contribution < -0.4 is 10.6 Å². The fourth-order valence-electron chi connectivity index (χ4n) is 2.86. The van der Waals surface area contributed by atoms with E-state index in [1.165, 1.54) is 10.8 Å². The third kappa shape index (κ3) is 2.81. The molecular weight excluding hydrogens is 316 g/mol. The minimum atomic E-state index is 0.589. The molecule has 118 valence electrons. The Morgan fingerprint density at radius 1 is 1.00 bits per heavy atom. The van der Waals surface area contributed by atoms with Gasteiger partial charge in [0.1, 0.15) is 0 Å². The Bertz CT molecular complexity index is 954. The number of fused-ring (bicyclic) bond motifs is 2. The van der Waals surface area contributed by atoms with Crippen LogP contribution in [0.1, 0.15) is 5.69 Å². The summed E-state index contributed by atoms with van der Waals surface area (Å²) in [6, 6.07) is 18.9. The molecule has 4 rings (SSSR count). The molecule has 0 amide bonds. The Hall–Kier alpha value is -2.92. The second kappa shape index (κ2) is 6.29. The van der Waals surface area contributed by atoms with Gasteiger partial charge in [0.2, 0.25) is 0 Å². The van der Waals surface area contributed by atoms with Gasteiger partial charge in [-0.3, -0.25) is 0 Å². The van der Waals surface area contributed by atoms with E-state index in [0.29, 0.717) is 11.7 Å². The second-order valence-electron chi connectivity index (χ2n) is 5.58. The van der Waals surface area contributed by atoms with Gasteiger partial charge in [0.05, 0.1) is 24.3 Å². The molecule has 0 bridgehead atoms. The van der Waals surface area contributed by atoms with E-state index in [1.807, 2.05) is 12.1 Å². The Morgan fingerprint density at radius 3 is 2.29 bits per heavy atom. The van der Waals surface area contributed by atoms with Crippen LogP contribution in [0.15, 0.2) is 67.1 Å². The van der Waals surface area contributed by atoms with Gasteiger partial charge in [-0.2, -0.15) is 0 Å². The molecule has 0 radical (unpaired) electrons. The van der Waals surface area contributed by atoms with Gasteiger partial charge in [-0.25, -0.2) is 4.98 Å². The molecule has 3 N–H and O–H groups in total. The number of rotatable bonds is 3. The fourth-order valence-corrected chi connectivity index (χ4v) is 3.04. The van der Waals surface area contributed by atoms with Gasteiger partial charge in [-0.1, -0.05) is 48.5 Å². The summed E-state index contributed by atoms with van der Waals surface area (Å²) in [6.45, 7) is 0.606. The first-order chi connectivity index (χ1) is 11.8. The average Bonchev–Trinajstić information content (AvgIpc) is 3.13. The van der Waals surface area contributed by atoms with E-state index in [4.69, 9.17) is 12.2 Å². The van der Waals surface area contributed by atoms with Crippen molar-refractivity contribution in [2.75, 3.05) is 5.32 Å². The normalized spacial score (nSPS) is 10.8. The SMILES string of the molecule is S=C(NCc1cnc[nH]1)Nc1c2ccccc2cc2ccccc12. The number of nitrogens with zero attached hydrogens (tertiary/aromatic N) is 1. The standard InChI is InChI=1S/C19H16N4S/c24-19(21-11-15-10-20-12-22-15)23-18-16-7-3-1-5-13(16)9-14-6-2-4-8-17(14)18/h1-10,12H,11H2,(H,20,22)(H2,21,23,24). The molecule has 1 heterocycles. The van der Waals surface area contributed by atoms with Crippen LogP contribution in [0.4, 0.5) is 5.69 Å². The molecule has 5 heteroatoms. The van der Waals surface area contributed by atoms with Crippen molar-refractivity contribution < 1.29 is 0 Å². The van der Waals surface area contributed by atoms with Crippen molar-refractivity contribution in [3.05, 3.63) is 72.8 Å². The van der Waals surface area contributed by atoms with Crippen LogP contribution in [-0.2, 0) is 6.54 Å². The summed E-state index contributed by atoms with van der Waals surface area (Å²) in [5.41, 5.74) is 2.02.